The minimum Gasteiger partial charge on any atom is -0.490 e. The van der Waals surface area contributed by atoms with Crippen LogP contribution in [-0.2, 0) is 0 Å². The van der Waals surface area contributed by atoms with E-state index in [9.17, 15) is 0 Å². The second-order valence-corrected chi connectivity index (χ2v) is 6.59. The van der Waals surface area contributed by atoms with Crippen LogP contribution in [0.1, 0.15) is 12.8 Å². The molecule has 0 radical (unpaired) electrons. The second-order valence-electron chi connectivity index (χ2n) is 6.15. The van der Waals surface area contributed by atoms with Crippen LogP contribution in [0.3, 0.4) is 0 Å². The number of piperidine rings is 1. The molecule has 0 amide bonds. The molecule has 0 unspecified atom stereocenters. The van der Waals surface area contributed by atoms with Gasteiger partial charge in [-0.05, 0) is 61.3 Å². The quantitative estimate of drug-likeness (QED) is 0.752. The van der Waals surface area contributed by atoms with E-state index in [-0.39, 0.29) is 0 Å². The van der Waals surface area contributed by atoms with Crippen LogP contribution in [-0.4, -0.2) is 24.2 Å². The molecule has 0 bridgehead atoms. The van der Waals surface area contributed by atoms with Crippen LogP contribution in [0.2, 0.25) is 5.02 Å². The molecule has 1 aliphatic rings. The summed E-state index contributed by atoms with van der Waals surface area (Å²) in [6.07, 6.45) is 4.15. The van der Waals surface area contributed by atoms with Crippen molar-refractivity contribution in [3.05, 3.63) is 59.8 Å². The molecular formula is C20H19ClN2O. The third kappa shape index (κ3) is 3.37. The minimum absolute atomic E-state index is 0.326. The molecule has 1 N–H and O–H groups in total. The molecule has 2 heterocycles. The zero-order valence-electron chi connectivity index (χ0n) is 13.3. The normalized spacial score (nSPS) is 15.5. The fraction of sp³-hybridized carbons (Fsp3) is 0.250. The first-order valence-electron chi connectivity index (χ1n) is 8.31. The van der Waals surface area contributed by atoms with Gasteiger partial charge in [0.05, 0.1) is 10.5 Å². The number of hydrogen-bond donors (Lipinski definition) is 1. The van der Waals surface area contributed by atoms with Gasteiger partial charge in [0.15, 0.2) is 0 Å². The Morgan fingerprint density at radius 1 is 0.958 bits per heavy atom. The molecule has 24 heavy (non-hydrogen) atoms. The number of ether oxygens (including phenoxy) is 1. The Morgan fingerprint density at radius 3 is 2.50 bits per heavy atom. The monoisotopic (exact) mass is 338 g/mol. The second kappa shape index (κ2) is 6.80. The summed E-state index contributed by atoms with van der Waals surface area (Å²) in [5, 5.41) is 5.07. The van der Waals surface area contributed by atoms with E-state index < -0.39 is 0 Å². The molecule has 0 aliphatic carbocycles. The molecular weight excluding hydrogens is 320 g/mol. The van der Waals surface area contributed by atoms with Crippen LogP contribution in [0, 0.1) is 0 Å². The Bertz CT molecular complexity index is 842. The van der Waals surface area contributed by atoms with Crippen LogP contribution < -0.4 is 10.1 Å². The number of aromatic nitrogens is 1. The molecule has 1 aliphatic heterocycles. The number of halogens is 1. The van der Waals surface area contributed by atoms with E-state index in [0.29, 0.717) is 11.1 Å². The highest BCUT2D eigenvalue weighted by Crippen LogP contribution is 2.27. The van der Waals surface area contributed by atoms with Gasteiger partial charge >= 0.3 is 0 Å². The largest absolute Gasteiger partial charge is 0.490 e. The predicted octanol–water partition coefficient (Wildman–Crippen LogP) is 4.69. The molecule has 0 spiro atoms. The zero-order valence-corrected chi connectivity index (χ0v) is 14.1. The van der Waals surface area contributed by atoms with E-state index >= 15 is 0 Å². The van der Waals surface area contributed by atoms with E-state index in [4.69, 9.17) is 16.3 Å². The summed E-state index contributed by atoms with van der Waals surface area (Å²) in [5.74, 6) is 0.941. The van der Waals surface area contributed by atoms with E-state index in [1.54, 1.807) is 6.20 Å². The number of nitrogens with one attached hydrogen (secondary N) is 1. The number of pyridine rings is 1. The van der Waals surface area contributed by atoms with Gasteiger partial charge in [0.1, 0.15) is 11.9 Å². The molecule has 0 atom stereocenters. The van der Waals surface area contributed by atoms with Crippen LogP contribution in [0.5, 0.6) is 5.75 Å². The fourth-order valence-electron chi connectivity index (χ4n) is 3.11. The predicted molar refractivity (Wildman–Crippen MR) is 98.7 cm³/mol. The molecule has 3 nitrogen and oxygen atoms in total. The lowest BCUT2D eigenvalue weighted by Gasteiger charge is -2.23. The lowest BCUT2D eigenvalue weighted by atomic mass is 10.0. The van der Waals surface area contributed by atoms with Crippen LogP contribution in [0.4, 0.5) is 0 Å². The highest BCUT2D eigenvalue weighted by Gasteiger charge is 2.14. The summed E-state index contributed by atoms with van der Waals surface area (Å²) in [6.45, 7) is 2.08. The van der Waals surface area contributed by atoms with Crippen LogP contribution in [0.15, 0.2) is 54.7 Å². The molecule has 0 saturated carbocycles. The Kier molecular flexibility index (Phi) is 4.37. The van der Waals surface area contributed by atoms with Crippen molar-refractivity contribution in [2.45, 2.75) is 18.9 Å². The summed E-state index contributed by atoms with van der Waals surface area (Å²) >= 11 is 5.99. The number of benzene rings is 2. The van der Waals surface area contributed by atoms with Crippen molar-refractivity contribution in [2.24, 2.45) is 0 Å². The van der Waals surface area contributed by atoms with Gasteiger partial charge < -0.3 is 10.1 Å². The Labute approximate surface area is 146 Å². The van der Waals surface area contributed by atoms with Gasteiger partial charge in [-0.15, -0.1) is 0 Å². The number of hydrogen-bond acceptors (Lipinski definition) is 3. The van der Waals surface area contributed by atoms with Crippen molar-refractivity contribution in [3.63, 3.8) is 0 Å². The van der Waals surface area contributed by atoms with E-state index in [1.165, 1.54) is 0 Å². The number of fused-ring (bicyclic) bond motifs is 1. The van der Waals surface area contributed by atoms with Crippen LogP contribution in [0.25, 0.3) is 22.0 Å². The molecule has 3 aromatic rings. The summed E-state index contributed by atoms with van der Waals surface area (Å²) in [4.78, 5) is 4.40. The van der Waals surface area contributed by atoms with Gasteiger partial charge in [-0.2, -0.15) is 0 Å². The highest BCUT2D eigenvalue weighted by atomic mass is 35.5. The van der Waals surface area contributed by atoms with Crippen molar-refractivity contribution in [2.75, 3.05) is 13.1 Å². The molecule has 1 fully saturated rings. The standard InChI is InChI=1S/C20H19ClN2O/c21-17-11-16-2-1-15(12-20(16)23-13-17)14-3-5-18(6-4-14)24-19-7-9-22-10-8-19/h1-6,11-13,19,22H,7-10H2. The smallest absolute Gasteiger partial charge is 0.119 e. The maximum Gasteiger partial charge on any atom is 0.119 e. The average Bonchev–Trinajstić information content (AvgIpc) is 2.63. The summed E-state index contributed by atoms with van der Waals surface area (Å²) in [5.41, 5.74) is 3.25. The summed E-state index contributed by atoms with van der Waals surface area (Å²) < 4.78 is 6.06. The summed E-state index contributed by atoms with van der Waals surface area (Å²) in [6, 6.07) is 16.5. The van der Waals surface area contributed by atoms with Crippen molar-refractivity contribution >= 4 is 22.5 Å². The van der Waals surface area contributed by atoms with Crippen molar-refractivity contribution in [1.82, 2.24) is 10.3 Å². The maximum atomic E-state index is 6.06. The number of rotatable bonds is 3. The van der Waals surface area contributed by atoms with Gasteiger partial charge in [-0.25, -0.2) is 0 Å². The van der Waals surface area contributed by atoms with Gasteiger partial charge in [0.2, 0.25) is 0 Å². The maximum absolute atomic E-state index is 6.06. The minimum atomic E-state index is 0.326. The SMILES string of the molecule is Clc1cnc2cc(-c3ccc(OC4CCNCC4)cc3)ccc2c1. The van der Waals surface area contributed by atoms with E-state index in [0.717, 1.165) is 53.7 Å². The topological polar surface area (TPSA) is 34.1 Å². The Balaban J connectivity index is 1.54. The molecule has 2 aromatic carbocycles. The van der Waals surface area contributed by atoms with Gasteiger partial charge in [-0.1, -0.05) is 35.9 Å². The molecule has 1 aromatic heterocycles. The molecule has 122 valence electrons. The van der Waals surface area contributed by atoms with Crippen molar-refractivity contribution in [1.29, 1.82) is 0 Å². The Morgan fingerprint density at radius 2 is 1.71 bits per heavy atom. The van der Waals surface area contributed by atoms with Gasteiger partial charge in [-0.3, -0.25) is 4.98 Å². The summed E-state index contributed by atoms with van der Waals surface area (Å²) in [7, 11) is 0. The first-order valence-corrected chi connectivity index (χ1v) is 8.69. The van der Waals surface area contributed by atoms with E-state index in [1.807, 2.05) is 6.07 Å². The lowest BCUT2D eigenvalue weighted by Crippen LogP contribution is -2.34. The zero-order chi connectivity index (χ0) is 16.4. The molecule has 4 rings (SSSR count). The lowest BCUT2D eigenvalue weighted by molar-refractivity contribution is 0.162. The van der Waals surface area contributed by atoms with Gasteiger partial charge in [0, 0.05) is 11.6 Å². The molecule has 1 saturated heterocycles. The first-order chi connectivity index (χ1) is 11.8. The van der Waals surface area contributed by atoms with E-state index in [2.05, 4.69) is 52.8 Å². The highest BCUT2D eigenvalue weighted by molar-refractivity contribution is 6.31. The van der Waals surface area contributed by atoms with Gasteiger partial charge in [0.25, 0.3) is 0 Å². The van der Waals surface area contributed by atoms with Crippen LogP contribution >= 0.6 is 11.6 Å². The Hall–Kier alpha value is -2.10. The van der Waals surface area contributed by atoms with Crippen molar-refractivity contribution < 1.29 is 4.74 Å². The third-order valence-corrected chi connectivity index (χ3v) is 4.63. The molecule has 4 heteroatoms. The third-order valence-electron chi connectivity index (χ3n) is 4.43. The average molecular weight is 339 g/mol. The fourth-order valence-corrected chi connectivity index (χ4v) is 3.27. The number of nitrogens with zero attached hydrogens (tertiary/aromatic N) is 1. The first kappa shape index (κ1) is 15.4. The van der Waals surface area contributed by atoms with Crippen molar-refractivity contribution in [3.8, 4) is 16.9 Å².